The molecule has 0 radical (unpaired) electrons. The van der Waals surface area contributed by atoms with Crippen LogP contribution >= 0.6 is 22.7 Å². The van der Waals surface area contributed by atoms with E-state index in [1.807, 2.05) is 93.1 Å². The van der Waals surface area contributed by atoms with E-state index in [0.717, 1.165) is 39.2 Å². The van der Waals surface area contributed by atoms with Crippen LogP contribution in [0.1, 0.15) is 80.8 Å². The number of nitrogens with one attached hydrogen (secondary N) is 4. The highest BCUT2D eigenvalue weighted by molar-refractivity contribution is 7.18. The number of aromatic nitrogens is 8. The van der Waals surface area contributed by atoms with Gasteiger partial charge in [0.2, 0.25) is 17.8 Å². The van der Waals surface area contributed by atoms with Gasteiger partial charge in [0, 0.05) is 24.7 Å². The first-order valence-electron chi connectivity index (χ1n) is 19.1. The van der Waals surface area contributed by atoms with E-state index >= 15 is 0 Å². The summed E-state index contributed by atoms with van der Waals surface area (Å²) in [5.41, 5.74) is 8.61. The van der Waals surface area contributed by atoms with Gasteiger partial charge < -0.3 is 26.0 Å². The summed E-state index contributed by atoms with van der Waals surface area (Å²) < 4.78 is 6.63. The highest BCUT2D eigenvalue weighted by Gasteiger charge is 2.22. The number of rotatable bonds is 14. The Kier molecular flexibility index (Phi) is 11.6. The lowest BCUT2D eigenvalue weighted by atomic mass is 10.0. The molecule has 2 unspecified atom stereocenters. The minimum absolute atomic E-state index is 0.174. The largest absolute Gasteiger partial charge is 0.481 e. The number of hydrogen-bond donors (Lipinski definition) is 4. The number of anilines is 2. The van der Waals surface area contributed by atoms with Crippen molar-refractivity contribution < 1.29 is 14.3 Å². The van der Waals surface area contributed by atoms with Crippen molar-refractivity contribution in [1.29, 1.82) is 0 Å². The van der Waals surface area contributed by atoms with Crippen LogP contribution in [0.3, 0.4) is 0 Å². The summed E-state index contributed by atoms with van der Waals surface area (Å²) in [4.78, 5) is 64.0. The minimum Gasteiger partial charge on any atom is -0.481 e. The predicted molar refractivity (Wildman–Crippen MR) is 233 cm³/mol. The lowest BCUT2D eigenvalue weighted by Crippen LogP contribution is -2.25. The molecule has 4 N–H and O–H groups in total. The molecule has 8 aromatic heterocycles. The average Bonchev–Trinajstić information content (AvgIpc) is 3.85. The van der Waals surface area contributed by atoms with Gasteiger partial charge in [-0.05, 0) is 103 Å². The van der Waals surface area contributed by atoms with E-state index in [4.69, 9.17) is 14.7 Å². The molecule has 0 aliphatic rings. The van der Waals surface area contributed by atoms with Gasteiger partial charge in [-0.1, -0.05) is 12.1 Å². The van der Waals surface area contributed by atoms with Crippen LogP contribution in [0.25, 0.3) is 31.6 Å². The summed E-state index contributed by atoms with van der Waals surface area (Å²) in [6.45, 7) is 8.24. The Morgan fingerprint density at radius 3 is 1.83 bits per heavy atom. The van der Waals surface area contributed by atoms with Crippen molar-refractivity contribution >= 4 is 66.8 Å². The Hall–Kier alpha value is -6.98. The molecule has 0 bridgehead atoms. The van der Waals surface area contributed by atoms with E-state index < -0.39 is 0 Å². The van der Waals surface area contributed by atoms with Gasteiger partial charge >= 0.3 is 0 Å². The number of pyridine rings is 4. The molecule has 17 heteroatoms. The van der Waals surface area contributed by atoms with Gasteiger partial charge in [0.1, 0.15) is 0 Å². The highest BCUT2D eigenvalue weighted by atomic mass is 32.1. The zero-order valence-corrected chi connectivity index (χ0v) is 35.0. The molecule has 0 aliphatic carbocycles. The van der Waals surface area contributed by atoms with Gasteiger partial charge in [0.15, 0.2) is 11.4 Å². The van der Waals surface area contributed by atoms with Crippen LogP contribution in [0.5, 0.6) is 5.88 Å². The maximum Gasteiger partial charge on any atom is 0.271 e. The molecule has 60 heavy (non-hydrogen) atoms. The Labute approximate surface area is 353 Å². The number of fused-ring (bicyclic) bond motifs is 2. The van der Waals surface area contributed by atoms with E-state index in [-0.39, 0.29) is 42.7 Å². The molecule has 8 heterocycles. The van der Waals surface area contributed by atoms with Crippen LogP contribution in [0.4, 0.5) is 11.9 Å². The smallest absolute Gasteiger partial charge is 0.271 e. The maximum atomic E-state index is 13.7. The van der Waals surface area contributed by atoms with E-state index in [0.29, 0.717) is 49.8 Å². The molecule has 0 aliphatic heterocycles. The third-order valence-corrected chi connectivity index (χ3v) is 11.9. The second-order valence-electron chi connectivity index (χ2n) is 14.0. The van der Waals surface area contributed by atoms with Crippen molar-refractivity contribution in [1.82, 2.24) is 50.5 Å². The molecule has 15 nitrogen and oxygen atoms in total. The monoisotopic (exact) mass is 836 g/mol. The van der Waals surface area contributed by atoms with Gasteiger partial charge in [0.25, 0.3) is 11.8 Å². The molecule has 0 aromatic carbocycles. The molecule has 8 aromatic rings. The first-order valence-corrected chi connectivity index (χ1v) is 20.8. The van der Waals surface area contributed by atoms with Gasteiger partial charge in [-0.25, -0.2) is 24.9 Å². The molecular formula is C43H40N12O3S2. The third-order valence-electron chi connectivity index (χ3n) is 9.66. The molecule has 0 fully saturated rings. The summed E-state index contributed by atoms with van der Waals surface area (Å²) in [6, 6.07) is 18.4. The normalized spacial score (nSPS) is 12.2. The van der Waals surface area contributed by atoms with Crippen LogP contribution in [0, 0.1) is 13.8 Å². The molecule has 8 rings (SSSR count). The predicted octanol–water partition coefficient (Wildman–Crippen LogP) is 7.77. The number of ether oxygens (including phenoxy) is 1. The number of methoxy groups -OCH3 is 1. The number of nitrogens with zero attached hydrogens (tertiary/aromatic N) is 8. The average molecular weight is 837 g/mol. The van der Waals surface area contributed by atoms with E-state index in [9.17, 15) is 9.59 Å². The zero-order chi connectivity index (χ0) is 41.8. The minimum atomic E-state index is -0.339. The second kappa shape index (κ2) is 17.5. The first-order chi connectivity index (χ1) is 29.1. The lowest BCUT2D eigenvalue weighted by Gasteiger charge is -2.16. The second-order valence-corrected chi connectivity index (χ2v) is 15.8. The van der Waals surface area contributed by atoms with Gasteiger partial charge in [-0.15, -0.1) is 22.7 Å². The van der Waals surface area contributed by atoms with E-state index in [2.05, 4.69) is 51.2 Å². The molecule has 302 valence electrons. The van der Waals surface area contributed by atoms with Crippen molar-refractivity contribution in [3.05, 3.63) is 135 Å². The van der Waals surface area contributed by atoms with Crippen molar-refractivity contribution in [2.24, 2.45) is 0 Å². The summed E-state index contributed by atoms with van der Waals surface area (Å²) in [5.74, 6) is 0.455. The first kappa shape index (κ1) is 39.8. The number of hydrogen-bond acceptors (Lipinski definition) is 15. The Bertz CT molecular complexity index is 2850. The fraction of sp³-hybridized carbons (Fsp3) is 0.209. The van der Waals surface area contributed by atoms with Gasteiger partial charge in [-0.3, -0.25) is 24.5 Å². The quantitative estimate of drug-likeness (QED) is 0.0830. The van der Waals surface area contributed by atoms with Crippen LogP contribution in [0.2, 0.25) is 0 Å². The van der Waals surface area contributed by atoms with Gasteiger partial charge in [0.05, 0.1) is 75.5 Å². The van der Waals surface area contributed by atoms with E-state index in [1.165, 1.54) is 22.7 Å². The fourth-order valence-electron chi connectivity index (χ4n) is 6.47. The number of thiophene rings is 2. The highest BCUT2D eigenvalue weighted by Crippen LogP contribution is 2.31. The number of carbonyl (C=O) groups is 2. The molecule has 2 atom stereocenters. The van der Waals surface area contributed by atoms with Crippen LogP contribution in [-0.4, -0.2) is 58.8 Å². The summed E-state index contributed by atoms with van der Waals surface area (Å²) >= 11 is 2.87. The molecule has 0 saturated carbocycles. The zero-order valence-electron chi connectivity index (χ0n) is 33.3. The Morgan fingerprint density at radius 2 is 1.22 bits per heavy atom. The van der Waals surface area contributed by atoms with E-state index in [1.54, 1.807) is 31.8 Å². The Morgan fingerprint density at radius 1 is 0.633 bits per heavy atom. The van der Waals surface area contributed by atoms with Crippen molar-refractivity contribution in [2.45, 2.75) is 52.9 Å². The van der Waals surface area contributed by atoms with Crippen LogP contribution in [0.15, 0.2) is 90.0 Å². The third kappa shape index (κ3) is 8.72. The summed E-state index contributed by atoms with van der Waals surface area (Å²) in [5, 5.41) is 16.6. The number of carbonyl (C=O) groups excluding carboxylic acids is 2. The van der Waals surface area contributed by atoms with Crippen LogP contribution < -0.4 is 26.0 Å². The molecule has 0 saturated heterocycles. The molecular weight excluding hydrogens is 797 g/mol. The van der Waals surface area contributed by atoms with Crippen molar-refractivity contribution in [3.8, 4) is 17.0 Å². The van der Waals surface area contributed by atoms with Crippen LogP contribution in [-0.2, 0) is 13.1 Å². The van der Waals surface area contributed by atoms with Gasteiger partial charge in [-0.2, -0.15) is 0 Å². The van der Waals surface area contributed by atoms with Crippen molar-refractivity contribution in [3.63, 3.8) is 0 Å². The fourth-order valence-corrected chi connectivity index (χ4v) is 8.42. The standard InChI is InChI=1S/C43H40N12O3S2/c1-23-21-60-39-34(23)52-42(49-25(3)31-10-6-7-14-45-31)54-37(39)41(57)48-20-30-17-27(12-15-44-30)28-13-16-46-32(18-28)26(4)50-43-53-35-24(2)22-59-38(35)36(55-43)40(56)47-19-29-9-8-11-33(51-29)58-5/h6-18,21-22,25-26H,19-20H2,1-5H3,(H,47,56)(H,48,57)(H,49,52,54)(H,50,53,55). The molecule has 0 spiro atoms. The number of amides is 2. The number of aryl methyl sites for hydroxylation is 2. The molecule has 2 amide bonds. The topological polar surface area (TPSA) is 195 Å². The maximum absolute atomic E-state index is 13.7. The Balaban J connectivity index is 0.960. The summed E-state index contributed by atoms with van der Waals surface area (Å²) in [7, 11) is 1.55. The van der Waals surface area contributed by atoms with Crippen molar-refractivity contribution in [2.75, 3.05) is 17.7 Å². The lowest BCUT2D eigenvalue weighted by molar-refractivity contribution is 0.0939. The SMILES string of the molecule is COc1cccc(CNC(=O)c2nc(NC(C)c3cc(-c4ccnc(CNC(=O)c5nc(NC(C)c6ccccn6)nc6c(C)csc56)c4)ccn3)nc3c(C)csc23)n1. The summed E-state index contributed by atoms with van der Waals surface area (Å²) in [6.07, 6.45) is 5.20.